The molecule has 80 valence electrons. The Labute approximate surface area is 89.9 Å². The first-order valence-corrected chi connectivity index (χ1v) is 5.37. The lowest BCUT2D eigenvalue weighted by molar-refractivity contribution is -0.109. The molecule has 3 nitrogen and oxygen atoms in total. The van der Waals surface area contributed by atoms with Crippen LogP contribution in [-0.2, 0) is 11.2 Å². The maximum atomic E-state index is 10.6. The van der Waals surface area contributed by atoms with Gasteiger partial charge in [0.2, 0.25) is 0 Å². The molecular weight excluding hydrogens is 188 g/mol. The number of hydrogen-bond donors (Lipinski definition) is 2. The molecule has 1 aliphatic rings. The molecule has 1 saturated heterocycles. The molecule has 0 aliphatic carbocycles. The SMILES string of the molecule is CCc1ccc(C2NCC(C=O)N2)cc1. The van der Waals surface area contributed by atoms with Crippen LogP contribution in [0.3, 0.4) is 0 Å². The van der Waals surface area contributed by atoms with Gasteiger partial charge >= 0.3 is 0 Å². The van der Waals surface area contributed by atoms with Crippen molar-refractivity contribution >= 4 is 6.29 Å². The summed E-state index contributed by atoms with van der Waals surface area (Å²) in [4.78, 5) is 10.6. The Bertz CT molecular complexity index is 334. The van der Waals surface area contributed by atoms with Gasteiger partial charge in [0.15, 0.2) is 0 Å². The van der Waals surface area contributed by atoms with Gasteiger partial charge in [0.1, 0.15) is 6.29 Å². The van der Waals surface area contributed by atoms with E-state index in [0.29, 0.717) is 6.54 Å². The molecule has 2 unspecified atom stereocenters. The Kier molecular flexibility index (Phi) is 3.14. The van der Waals surface area contributed by atoms with Crippen molar-refractivity contribution in [3.8, 4) is 0 Å². The van der Waals surface area contributed by atoms with Crippen molar-refractivity contribution in [2.75, 3.05) is 6.54 Å². The molecule has 1 aromatic carbocycles. The van der Waals surface area contributed by atoms with E-state index in [1.807, 2.05) is 0 Å². The molecular formula is C12H16N2O. The minimum atomic E-state index is -0.0548. The monoisotopic (exact) mass is 204 g/mol. The standard InChI is InChI=1S/C12H16N2O/c1-2-9-3-5-10(6-4-9)12-13-7-11(8-15)14-12/h3-6,8,11-14H,2,7H2,1H3. The third-order valence-electron chi connectivity index (χ3n) is 2.81. The van der Waals surface area contributed by atoms with Gasteiger partial charge in [-0.05, 0) is 17.5 Å². The fourth-order valence-electron chi connectivity index (χ4n) is 1.82. The van der Waals surface area contributed by atoms with E-state index in [2.05, 4.69) is 41.8 Å². The molecule has 1 fully saturated rings. The molecule has 0 radical (unpaired) electrons. The second-order valence-corrected chi connectivity index (χ2v) is 3.85. The van der Waals surface area contributed by atoms with Crippen LogP contribution < -0.4 is 10.6 Å². The molecule has 1 heterocycles. The van der Waals surface area contributed by atoms with Gasteiger partial charge in [-0.2, -0.15) is 0 Å². The molecule has 0 spiro atoms. The van der Waals surface area contributed by atoms with E-state index in [9.17, 15) is 4.79 Å². The van der Waals surface area contributed by atoms with Crippen molar-refractivity contribution in [1.82, 2.24) is 10.6 Å². The number of hydrogen-bond acceptors (Lipinski definition) is 3. The molecule has 2 N–H and O–H groups in total. The summed E-state index contributed by atoms with van der Waals surface area (Å²) in [6.07, 6.45) is 2.13. The minimum absolute atomic E-state index is 0.0548. The predicted octanol–water partition coefficient (Wildman–Crippen LogP) is 1.01. The Balaban J connectivity index is 2.07. The van der Waals surface area contributed by atoms with Gasteiger partial charge in [0.25, 0.3) is 0 Å². The Hall–Kier alpha value is -1.19. The average molecular weight is 204 g/mol. The lowest BCUT2D eigenvalue weighted by Gasteiger charge is -2.12. The van der Waals surface area contributed by atoms with Gasteiger partial charge in [-0.25, -0.2) is 0 Å². The number of benzene rings is 1. The lowest BCUT2D eigenvalue weighted by Crippen LogP contribution is -2.27. The highest BCUT2D eigenvalue weighted by molar-refractivity contribution is 5.58. The van der Waals surface area contributed by atoms with Crippen molar-refractivity contribution in [2.45, 2.75) is 25.6 Å². The third-order valence-corrected chi connectivity index (χ3v) is 2.81. The molecule has 2 rings (SSSR count). The highest BCUT2D eigenvalue weighted by atomic mass is 16.1. The average Bonchev–Trinajstić information content (AvgIpc) is 2.78. The van der Waals surface area contributed by atoms with Crippen molar-refractivity contribution < 1.29 is 4.79 Å². The number of aryl methyl sites for hydroxylation is 1. The molecule has 0 aromatic heterocycles. The molecule has 15 heavy (non-hydrogen) atoms. The summed E-state index contributed by atoms with van der Waals surface area (Å²) in [5.74, 6) is 0. The van der Waals surface area contributed by atoms with Crippen molar-refractivity contribution in [3.63, 3.8) is 0 Å². The first-order chi connectivity index (χ1) is 7.33. The Morgan fingerprint density at radius 2 is 2.13 bits per heavy atom. The molecule has 2 atom stereocenters. The summed E-state index contributed by atoms with van der Waals surface area (Å²) >= 11 is 0. The molecule has 1 aliphatic heterocycles. The topological polar surface area (TPSA) is 41.1 Å². The zero-order valence-corrected chi connectivity index (χ0v) is 8.86. The van der Waals surface area contributed by atoms with Gasteiger partial charge in [0, 0.05) is 6.54 Å². The second-order valence-electron chi connectivity index (χ2n) is 3.85. The van der Waals surface area contributed by atoms with Gasteiger partial charge in [-0.15, -0.1) is 0 Å². The first-order valence-electron chi connectivity index (χ1n) is 5.37. The normalized spacial score (nSPS) is 25.4. The predicted molar refractivity (Wildman–Crippen MR) is 59.6 cm³/mol. The van der Waals surface area contributed by atoms with Crippen LogP contribution in [0.2, 0.25) is 0 Å². The van der Waals surface area contributed by atoms with Crippen LogP contribution in [0.4, 0.5) is 0 Å². The van der Waals surface area contributed by atoms with Crippen molar-refractivity contribution in [1.29, 1.82) is 0 Å². The van der Waals surface area contributed by atoms with Crippen LogP contribution in [0, 0.1) is 0 Å². The van der Waals surface area contributed by atoms with Gasteiger partial charge in [-0.1, -0.05) is 31.2 Å². The number of aldehydes is 1. The van der Waals surface area contributed by atoms with Gasteiger partial charge in [-0.3, -0.25) is 10.6 Å². The van der Waals surface area contributed by atoms with Crippen LogP contribution in [-0.4, -0.2) is 18.9 Å². The quantitative estimate of drug-likeness (QED) is 0.722. The molecule has 1 aromatic rings. The van der Waals surface area contributed by atoms with E-state index in [0.717, 1.165) is 12.7 Å². The maximum absolute atomic E-state index is 10.6. The second kappa shape index (κ2) is 4.55. The van der Waals surface area contributed by atoms with E-state index in [-0.39, 0.29) is 12.2 Å². The maximum Gasteiger partial charge on any atom is 0.138 e. The summed E-state index contributed by atoms with van der Waals surface area (Å²) in [6.45, 7) is 2.85. The third kappa shape index (κ3) is 2.25. The van der Waals surface area contributed by atoms with E-state index in [1.54, 1.807) is 0 Å². The number of carbonyl (C=O) groups excluding carboxylic acids is 1. The number of rotatable bonds is 3. The highest BCUT2D eigenvalue weighted by Crippen LogP contribution is 2.15. The van der Waals surface area contributed by atoms with Crippen molar-refractivity contribution in [2.24, 2.45) is 0 Å². The van der Waals surface area contributed by atoms with Crippen LogP contribution in [0.5, 0.6) is 0 Å². The van der Waals surface area contributed by atoms with E-state index in [4.69, 9.17) is 0 Å². The lowest BCUT2D eigenvalue weighted by atomic mass is 10.1. The molecule has 0 bridgehead atoms. The molecule has 0 amide bonds. The summed E-state index contributed by atoms with van der Waals surface area (Å²) in [7, 11) is 0. The van der Waals surface area contributed by atoms with E-state index < -0.39 is 0 Å². The Morgan fingerprint density at radius 3 is 2.67 bits per heavy atom. The van der Waals surface area contributed by atoms with Crippen LogP contribution in [0.15, 0.2) is 24.3 Å². The van der Waals surface area contributed by atoms with Gasteiger partial charge < -0.3 is 4.79 Å². The summed E-state index contributed by atoms with van der Waals surface area (Å²) in [6, 6.07) is 8.42. The van der Waals surface area contributed by atoms with E-state index in [1.165, 1.54) is 11.1 Å². The van der Waals surface area contributed by atoms with Crippen molar-refractivity contribution in [3.05, 3.63) is 35.4 Å². The smallest absolute Gasteiger partial charge is 0.138 e. The van der Waals surface area contributed by atoms with Gasteiger partial charge in [0.05, 0.1) is 12.2 Å². The summed E-state index contributed by atoms with van der Waals surface area (Å²) in [5, 5.41) is 6.48. The van der Waals surface area contributed by atoms with E-state index >= 15 is 0 Å². The number of nitrogens with one attached hydrogen (secondary N) is 2. The summed E-state index contributed by atoms with van der Waals surface area (Å²) < 4.78 is 0. The van der Waals surface area contributed by atoms with Crippen LogP contribution >= 0.6 is 0 Å². The zero-order chi connectivity index (χ0) is 10.7. The fraction of sp³-hybridized carbons (Fsp3) is 0.417. The highest BCUT2D eigenvalue weighted by Gasteiger charge is 2.23. The fourth-order valence-corrected chi connectivity index (χ4v) is 1.82. The summed E-state index contributed by atoms with van der Waals surface area (Å²) in [5.41, 5.74) is 2.53. The molecule has 0 saturated carbocycles. The largest absolute Gasteiger partial charge is 0.302 e. The first kappa shape index (κ1) is 10.3. The molecule has 3 heteroatoms. The van der Waals surface area contributed by atoms with Crippen LogP contribution in [0.1, 0.15) is 24.2 Å². The number of carbonyl (C=O) groups is 1. The van der Waals surface area contributed by atoms with Crippen LogP contribution in [0.25, 0.3) is 0 Å². The minimum Gasteiger partial charge on any atom is -0.302 e. The Morgan fingerprint density at radius 1 is 1.40 bits per heavy atom. The zero-order valence-electron chi connectivity index (χ0n) is 8.86.